The summed E-state index contributed by atoms with van der Waals surface area (Å²) >= 11 is 0. The van der Waals surface area contributed by atoms with Gasteiger partial charge in [0.05, 0.1) is 16.4 Å². The molecule has 1 aromatic carbocycles. The second kappa shape index (κ2) is 7.03. The smallest absolute Gasteiger partial charge is 0.307 e. The standard InChI is InChI=1S/C13H16N2O4S/c1-2-5-11(13(16)17)9-15-20(18,19)12-7-4-3-6-10(12)8-14/h3-4,6-7,11,15H,2,5,9H2,1H3,(H,16,17). The Morgan fingerprint density at radius 1 is 1.45 bits per heavy atom. The predicted octanol–water partition coefficient (Wildman–Crippen LogP) is 1.34. The Balaban J connectivity index is 2.90. The molecule has 1 aromatic rings. The van der Waals surface area contributed by atoms with Gasteiger partial charge >= 0.3 is 5.97 Å². The van der Waals surface area contributed by atoms with Crippen molar-refractivity contribution in [1.29, 1.82) is 5.26 Å². The Morgan fingerprint density at radius 2 is 2.10 bits per heavy atom. The van der Waals surface area contributed by atoms with Crippen LogP contribution in [0.3, 0.4) is 0 Å². The molecule has 0 aliphatic rings. The maximum absolute atomic E-state index is 12.1. The van der Waals surface area contributed by atoms with E-state index in [2.05, 4.69) is 4.72 Å². The zero-order valence-corrected chi connectivity index (χ0v) is 11.9. The molecule has 0 aliphatic heterocycles. The summed E-state index contributed by atoms with van der Waals surface area (Å²) in [6.07, 6.45) is 1.03. The molecule has 6 nitrogen and oxygen atoms in total. The summed E-state index contributed by atoms with van der Waals surface area (Å²) < 4.78 is 26.4. The average molecular weight is 296 g/mol. The third kappa shape index (κ3) is 4.05. The highest BCUT2D eigenvalue weighted by atomic mass is 32.2. The normalized spacial score (nSPS) is 12.6. The van der Waals surface area contributed by atoms with Crippen molar-refractivity contribution in [2.24, 2.45) is 5.92 Å². The van der Waals surface area contributed by atoms with Gasteiger partial charge < -0.3 is 5.11 Å². The van der Waals surface area contributed by atoms with Crippen molar-refractivity contribution in [2.75, 3.05) is 6.54 Å². The molecular weight excluding hydrogens is 280 g/mol. The number of nitriles is 1. The number of hydrogen-bond donors (Lipinski definition) is 2. The lowest BCUT2D eigenvalue weighted by atomic mass is 10.1. The number of sulfonamides is 1. The molecular formula is C13H16N2O4S. The van der Waals surface area contributed by atoms with E-state index >= 15 is 0 Å². The number of aliphatic carboxylic acids is 1. The molecule has 0 radical (unpaired) electrons. The van der Waals surface area contributed by atoms with Gasteiger partial charge in [0.25, 0.3) is 0 Å². The molecule has 1 rings (SSSR count). The minimum Gasteiger partial charge on any atom is -0.481 e. The van der Waals surface area contributed by atoms with Crippen molar-refractivity contribution < 1.29 is 18.3 Å². The molecule has 1 atom stereocenters. The van der Waals surface area contributed by atoms with Crippen LogP contribution in [0.2, 0.25) is 0 Å². The third-order valence-corrected chi connectivity index (χ3v) is 4.28. The van der Waals surface area contributed by atoms with Crippen molar-refractivity contribution in [3.63, 3.8) is 0 Å². The second-order valence-electron chi connectivity index (χ2n) is 4.28. The zero-order valence-electron chi connectivity index (χ0n) is 11.0. The number of hydrogen-bond acceptors (Lipinski definition) is 4. The van der Waals surface area contributed by atoms with Gasteiger partial charge in [0.1, 0.15) is 6.07 Å². The van der Waals surface area contributed by atoms with Gasteiger partial charge in [-0.3, -0.25) is 4.79 Å². The summed E-state index contributed by atoms with van der Waals surface area (Å²) in [5.41, 5.74) is 0.0300. The molecule has 108 valence electrons. The number of carboxylic acids is 1. The highest BCUT2D eigenvalue weighted by molar-refractivity contribution is 7.89. The monoisotopic (exact) mass is 296 g/mol. The fourth-order valence-corrected chi connectivity index (χ4v) is 2.98. The first-order chi connectivity index (χ1) is 9.42. The Morgan fingerprint density at radius 3 is 2.65 bits per heavy atom. The van der Waals surface area contributed by atoms with E-state index in [1.807, 2.05) is 6.92 Å². The zero-order chi connectivity index (χ0) is 15.2. The minimum absolute atomic E-state index is 0.0300. The Bertz CT molecular complexity index is 620. The average Bonchev–Trinajstić information content (AvgIpc) is 2.43. The number of nitrogens with zero attached hydrogens (tertiary/aromatic N) is 1. The Hall–Kier alpha value is -1.91. The van der Waals surface area contributed by atoms with Crippen LogP contribution >= 0.6 is 0 Å². The van der Waals surface area contributed by atoms with Crippen LogP contribution in [0.5, 0.6) is 0 Å². The van der Waals surface area contributed by atoms with Gasteiger partial charge in [-0.05, 0) is 18.6 Å². The van der Waals surface area contributed by atoms with E-state index in [4.69, 9.17) is 10.4 Å². The van der Waals surface area contributed by atoms with E-state index < -0.39 is 21.9 Å². The van der Waals surface area contributed by atoms with E-state index in [1.165, 1.54) is 18.2 Å². The first kappa shape index (κ1) is 16.1. The molecule has 0 aliphatic carbocycles. The van der Waals surface area contributed by atoms with Crippen LogP contribution in [0, 0.1) is 17.2 Å². The molecule has 0 heterocycles. The summed E-state index contributed by atoms with van der Waals surface area (Å²) in [5.74, 6) is -1.81. The van der Waals surface area contributed by atoms with Crippen molar-refractivity contribution in [3.8, 4) is 6.07 Å². The molecule has 0 saturated heterocycles. The van der Waals surface area contributed by atoms with Gasteiger partial charge in [-0.2, -0.15) is 5.26 Å². The van der Waals surface area contributed by atoms with E-state index in [0.29, 0.717) is 12.8 Å². The maximum atomic E-state index is 12.1. The molecule has 0 fully saturated rings. The molecule has 0 saturated carbocycles. The fourth-order valence-electron chi connectivity index (χ4n) is 1.74. The lowest BCUT2D eigenvalue weighted by Gasteiger charge is -2.13. The third-order valence-electron chi connectivity index (χ3n) is 2.80. The summed E-state index contributed by atoms with van der Waals surface area (Å²) in [7, 11) is -3.89. The Kier molecular flexibility index (Phi) is 5.67. The first-order valence-electron chi connectivity index (χ1n) is 6.14. The summed E-state index contributed by atoms with van der Waals surface area (Å²) in [5, 5.41) is 17.9. The molecule has 0 spiro atoms. The highest BCUT2D eigenvalue weighted by Gasteiger charge is 2.22. The number of nitrogens with one attached hydrogen (secondary N) is 1. The molecule has 0 amide bonds. The minimum atomic E-state index is -3.89. The van der Waals surface area contributed by atoms with Gasteiger partial charge in [0.2, 0.25) is 10.0 Å². The van der Waals surface area contributed by atoms with Crippen LogP contribution in [-0.4, -0.2) is 26.0 Å². The van der Waals surface area contributed by atoms with Gasteiger partial charge in [0.15, 0.2) is 0 Å². The fraction of sp³-hybridized carbons (Fsp3) is 0.385. The van der Waals surface area contributed by atoms with Gasteiger partial charge in [0, 0.05) is 6.54 Å². The molecule has 1 unspecified atom stereocenters. The van der Waals surface area contributed by atoms with E-state index in [1.54, 1.807) is 12.1 Å². The van der Waals surface area contributed by atoms with Crippen LogP contribution in [0.1, 0.15) is 25.3 Å². The lowest BCUT2D eigenvalue weighted by Crippen LogP contribution is -2.33. The summed E-state index contributed by atoms with van der Waals surface area (Å²) in [6.45, 7) is 1.64. The number of carbonyl (C=O) groups is 1. The second-order valence-corrected chi connectivity index (χ2v) is 6.02. The van der Waals surface area contributed by atoms with Crippen molar-refractivity contribution in [2.45, 2.75) is 24.7 Å². The lowest BCUT2D eigenvalue weighted by molar-refractivity contribution is -0.141. The van der Waals surface area contributed by atoms with Crippen molar-refractivity contribution >= 4 is 16.0 Å². The molecule has 0 bridgehead atoms. The molecule has 7 heteroatoms. The summed E-state index contributed by atoms with van der Waals surface area (Å²) in [4.78, 5) is 10.8. The van der Waals surface area contributed by atoms with E-state index in [0.717, 1.165) is 0 Å². The maximum Gasteiger partial charge on any atom is 0.307 e. The van der Waals surface area contributed by atoms with Crippen LogP contribution < -0.4 is 4.72 Å². The Labute approximate surface area is 118 Å². The highest BCUT2D eigenvalue weighted by Crippen LogP contribution is 2.15. The van der Waals surface area contributed by atoms with Crippen LogP contribution in [0.15, 0.2) is 29.2 Å². The van der Waals surface area contributed by atoms with E-state index in [-0.39, 0.29) is 17.0 Å². The van der Waals surface area contributed by atoms with Crippen LogP contribution in [0.4, 0.5) is 0 Å². The molecule has 0 aromatic heterocycles. The summed E-state index contributed by atoms with van der Waals surface area (Å²) in [6, 6.07) is 7.59. The number of rotatable bonds is 7. The van der Waals surface area contributed by atoms with Crippen molar-refractivity contribution in [3.05, 3.63) is 29.8 Å². The molecule has 20 heavy (non-hydrogen) atoms. The quantitative estimate of drug-likeness (QED) is 0.789. The van der Waals surface area contributed by atoms with Crippen LogP contribution in [-0.2, 0) is 14.8 Å². The predicted molar refractivity (Wildman–Crippen MR) is 72.4 cm³/mol. The van der Waals surface area contributed by atoms with E-state index in [9.17, 15) is 13.2 Å². The topological polar surface area (TPSA) is 107 Å². The largest absolute Gasteiger partial charge is 0.481 e. The number of carboxylic acid groups (broad SMARTS) is 1. The van der Waals surface area contributed by atoms with Gasteiger partial charge in [-0.1, -0.05) is 25.5 Å². The van der Waals surface area contributed by atoms with Gasteiger partial charge in [-0.25, -0.2) is 13.1 Å². The van der Waals surface area contributed by atoms with Crippen LogP contribution in [0.25, 0.3) is 0 Å². The van der Waals surface area contributed by atoms with Crippen molar-refractivity contribution in [1.82, 2.24) is 4.72 Å². The number of benzene rings is 1. The SMILES string of the molecule is CCCC(CNS(=O)(=O)c1ccccc1C#N)C(=O)O. The molecule has 2 N–H and O–H groups in total. The first-order valence-corrected chi connectivity index (χ1v) is 7.62. The van der Waals surface area contributed by atoms with Gasteiger partial charge in [-0.15, -0.1) is 0 Å².